The van der Waals surface area contributed by atoms with Gasteiger partial charge in [0.05, 0.1) is 0 Å². The standard InChI is InChI=1S/C2H6INS/c3-5-2-1-4/h1-2,4H2. The molecule has 2 N–H and O–H groups in total. The van der Waals surface area contributed by atoms with Crippen molar-refractivity contribution in [3.8, 4) is 0 Å². The van der Waals surface area contributed by atoms with Crippen LogP contribution in [-0.4, -0.2) is 12.3 Å². The SMILES string of the molecule is NCCSI. The predicted molar refractivity (Wildman–Crippen MR) is 35.5 cm³/mol. The van der Waals surface area contributed by atoms with Gasteiger partial charge in [0.2, 0.25) is 0 Å². The van der Waals surface area contributed by atoms with Crippen LogP contribution in [0.15, 0.2) is 0 Å². The summed E-state index contributed by atoms with van der Waals surface area (Å²) >= 11 is 2.22. The van der Waals surface area contributed by atoms with Crippen LogP contribution < -0.4 is 5.73 Å². The van der Waals surface area contributed by atoms with E-state index in [1.165, 1.54) is 0 Å². The molecule has 0 heterocycles. The Kier molecular flexibility index (Phi) is 6.09. The van der Waals surface area contributed by atoms with Crippen molar-refractivity contribution in [2.45, 2.75) is 0 Å². The maximum atomic E-state index is 5.11. The molecule has 0 unspecified atom stereocenters. The average Bonchev–Trinajstić information content (AvgIpc) is 1.41. The highest BCUT2D eigenvalue weighted by Gasteiger charge is 1.69. The van der Waals surface area contributed by atoms with Crippen LogP contribution in [0, 0.1) is 0 Å². The summed E-state index contributed by atoms with van der Waals surface area (Å²) in [6.45, 7) is 0.799. The molecule has 0 rings (SSSR count). The lowest BCUT2D eigenvalue weighted by Gasteiger charge is -1.78. The first-order chi connectivity index (χ1) is 2.41. The molecular formula is C2H6INS. The second-order valence-corrected chi connectivity index (χ2v) is 3.10. The Balaban J connectivity index is 2.19. The predicted octanol–water partition coefficient (Wildman–Crippen LogP) is 1.03. The molecule has 0 bridgehead atoms. The molecule has 0 aliphatic carbocycles. The highest BCUT2D eigenvalue weighted by atomic mass is 127. The Morgan fingerprint density at radius 3 is 2.40 bits per heavy atom. The van der Waals surface area contributed by atoms with E-state index in [1.807, 2.05) is 0 Å². The first kappa shape index (κ1) is 6.04. The normalized spacial score (nSPS) is 8.40. The lowest BCUT2D eigenvalue weighted by Crippen LogP contribution is -1.98. The molecule has 0 aromatic rings. The minimum absolute atomic E-state index is 0.799. The van der Waals surface area contributed by atoms with Gasteiger partial charge in [-0.05, 0) is 21.2 Å². The summed E-state index contributed by atoms with van der Waals surface area (Å²) in [6.07, 6.45) is 0. The molecule has 0 amide bonds. The first-order valence-corrected chi connectivity index (χ1v) is 4.88. The number of rotatable bonds is 2. The Hall–Kier alpha value is 1.04. The fraction of sp³-hybridized carbons (Fsp3) is 1.00. The van der Waals surface area contributed by atoms with Crippen LogP contribution in [0.4, 0.5) is 0 Å². The van der Waals surface area contributed by atoms with Crippen molar-refractivity contribution in [3.05, 3.63) is 0 Å². The zero-order valence-electron chi connectivity index (χ0n) is 2.78. The Labute approximate surface area is 48.3 Å². The van der Waals surface area contributed by atoms with Gasteiger partial charge in [0.15, 0.2) is 0 Å². The molecular weight excluding hydrogens is 197 g/mol. The summed E-state index contributed by atoms with van der Waals surface area (Å²) in [7, 11) is 1.75. The fourth-order valence-corrected chi connectivity index (χ4v) is 0.896. The van der Waals surface area contributed by atoms with Gasteiger partial charge in [0.25, 0.3) is 0 Å². The molecule has 0 atom stereocenters. The quantitative estimate of drug-likeness (QED) is 0.678. The third-order valence-electron chi connectivity index (χ3n) is 0.195. The second-order valence-electron chi connectivity index (χ2n) is 0.602. The number of hydrogen-bond donors (Lipinski definition) is 1. The molecule has 0 saturated carbocycles. The van der Waals surface area contributed by atoms with E-state index in [9.17, 15) is 0 Å². The second kappa shape index (κ2) is 5.04. The van der Waals surface area contributed by atoms with Gasteiger partial charge in [0.1, 0.15) is 0 Å². The summed E-state index contributed by atoms with van der Waals surface area (Å²) in [5.41, 5.74) is 5.11. The fourth-order valence-electron chi connectivity index (χ4n) is 0.0445. The minimum Gasteiger partial charge on any atom is -0.330 e. The zero-order valence-corrected chi connectivity index (χ0v) is 5.75. The number of nitrogens with two attached hydrogens (primary N) is 1. The van der Waals surface area contributed by atoms with Crippen LogP contribution in [-0.2, 0) is 0 Å². The summed E-state index contributed by atoms with van der Waals surface area (Å²) in [5, 5.41) is 0. The van der Waals surface area contributed by atoms with E-state index in [4.69, 9.17) is 5.73 Å². The zero-order chi connectivity index (χ0) is 4.12. The largest absolute Gasteiger partial charge is 0.330 e. The average molecular weight is 203 g/mol. The molecule has 0 aromatic carbocycles. The lowest BCUT2D eigenvalue weighted by atomic mass is 10.8. The Morgan fingerprint density at radius 1 is 1.80 bits per heavy atom. The maximum Gasteiger partial charge on any atom is 0.0157 e. The van der Waals surface area contributed by atoms with E-state index in [0.29, 0.717) is 0 Å². The van der Waals surface area contributed by atoms with Crippen LogP contribution in [0.25, 0.3) is 0 Å². The molecule has 32 valence electrons. The monoisotopic (exact) mass is 203 g/mol. The van der Waals surface area contributed by atoms with E-state index in [2.05, 4.69) is 21.2 Å². The topological polar surface area (TPSA) is 26.0 Å². The molecule has 0 aromatic heterocycles. The molecule has 0 radical (unpaired) electrons. The van der Waals surface area contributed by atoms with Crippen LogP contribution in [0.3, 0.4) is 0 Å². The summed E-state index contributed by atoms with van der Waals surface area (Å²) in [6, 6.07) is 0. The molecule has 0 saturated heterocycles. The maximum absolute atomic E-state index is 5.11. The summed E-state index contributed by atoms with van der Waals surface area (Å²) in [5.74, 6) is 1.07. The highest BCUT2D eigenvalue weighted by molar-refractivity contribution is 14.2. The van der Waals surface area contributed by atoms with Gasteiger partial charge < -0.3 is 5.73 Å². The third-order valence-corrected chi connectivity index (χ3v) is 1.91. The van der Waals surface area contributed by atoms with Gasteiger partial charge in [-0.1, -0.05) is 8.93 Å². The van der Waals surface area contributed by atoms with Gasteiger partial charge in [-0.2, -0.15) is 0 Å². The van der Waals surface area contributed by atoms with Crippen molar-refractivity contribution >= 4 is 30.1 Å². The van der Waals surface area contributed by atoms with Crippen molar-refractivity contribution < 1.29 is 0 Å². The summed E-state index contributed by atoms with van der Waals surface area (Å²) in [4.78, 5) is 0. The van der Waals surface area contributed by atoms with E-state index in [0.717, 1.165) is 12.3 Å². The molecule has 0 spiro atoms. The van der Waals surface area contributed by atoms with Crippen molar-refractivity contribution in [3.63, 3.8) is 0 Å². The van der Waals surface area contributed by atoms with Crippen molar-refractivity contribution in [2.75, 3.05) is 12.3 Å². The first-order valence-electron chi connectivity index (χ1n) is 1.35. The van der Waals surface area contributed by atoms with Crippen LogP contribution in [0.5, 0.6) is 0 Å². The van der Waals surface area contributed by atoms with E-state index in [-0.39, 0.29) is 0 Å². The molecule has 5 heavy (non-hydrogen) atoms. The van der Waals surface area contributed by atoms with Crippen LogP contribution in [0.2, 0.25) is 0 Å². The van der Waals surface area contributed by atoms with Gasteiger partial charge in [0, 0.05) is 12.3 Å². The van der Waals surface area contributed by atoms with Crippen LogP contribution in [0.1, 0.15) is 0 Å². The highest BCUT2D eigenvalue weighted by Crippen LogP contribution is 2.07. The van der Waals surface area contributed by atoms with Gasteiger partial charge in [-0.3, -0.25) is 0 Å². The minimum atomic E-state index is 0.799. The van der Waals surface area contributed by atoms with E-state index >= 15 is 0 Å². The number of hydrogen-bond acceptors (Lipinski definition) is 2. The molecule has 3 heteroatoms. The van der Waals surface area contributed by atoms with E-state index < -0.39 is 0 Å². The van der Waals surface area contributed by atoms with Gasteiger partial charge >= 0.3 is 0 Å². The van der Waals surface area contributed by atoms with Gasteiger partial charge in [-0.25, -0.2) is 0 Å². The van der Waals surface area contributed by atoms with Crippen molar-refractivity contribution in [1.29, 1.82) is 0 Å². The Bertz CT molecular complexity index is 17.1. The smallest absolute Gasteiger partial charge is 0.0157 e. The molecule has 1 nitrogen and oxygen atoms in total. The molecule has 0 fully saturated rings. The van der Waals surface area contributed by atoms with E-state index in [1.54, 1.807) is 8.93 Å². The third kappa shape index (κ3) is 5.04. The van der Waals surface area contributed by atoms with Crippen LogP contribution >= 0.6 is 30.1 Å². The number of halogens is 1. The van der Waals surface area contributed by atoms with Crippen molar-refractivity contribution in [2.24, 2.45) is 5.73 Å². The van der Waals surface area contributed by atoms with Gasteiger partial charge in [-0.15, -0.1) is 0 Å². The molecule has 0 aliphatic heterocycles. The summed E-state index contributed by atoms with van der Waals surface area (Å²) < 4.78 is 0. The van der Waals surface area contributed by atoms with Crippen molar-refractivity contribution in [1.82, 2.24) is 0 Å². The lowest BCUT2D eigenvalue weighted by molar-refractivity contribution is 1.16. The Morgan fingerprint density at radius 2 is 2.40 bits per heavy atom. The molecule has 0 aliphatic rings.